The number of rotatable bonds is 7. The summed E-state index contributed by atoms with van der Waals surface area (Å²) in [4.78, 5) is 9.23. The van der Waals surface area contributed by atoms with Crippen molar-refractivity contribution in [2.75, 3.05) is 20.1 Å². The molecule has 2 heterocycles. The zero-order chi connectivity index (χ0) is 13.5. The number of aryl methyl sites for hydroxylation is 1. The Morgan fingerprint density at radius 1 is 1.32 bits per heavy atom. The van der Waals surface area contributed by atoms with E-state index in [2.05, 4.69) is 47.4 Å². The molecule has 0 saturated carbocycles. The number of likely N-dealkylation sites (N-methyl/N-ethyl adjacent to an activating group) is 1. The van der Waals surface area contributed by atoms with Gasteiger partial charge in [-0.2, -0.15) is 0 Å². The van der Waals surface area contributed by atoms with Crippen LogP contribution in [0.1, 0.15) is 15.3 Å². The Labute approximate surface area is 119 Å². The van der Waals surface area contributed by atoms with Gasteiger partial charge in [-0.25, -0.2) is 0 Å². The predicted molar refractivity (Wildman–Crippen MR) is 81.3 cm³/mol. The first-order chi connectivity index (χ1) is 9.24. The van der Waals surface area contributed by atoms with Gasteiger partial charge in [-0.1, -0.05) is 6.07 Å². The van der Waals surface area contributed by atoms with E-state index in [1.165, 1.54) is 15.3 Å². The van der Waals surface area contributed by atoms with Gasteiger partial charge in [0.05, 0.1) is 0 Å². The first kappa shape index (κ1) is 14.2. The van der Waals surface area contributed by atoms with Gasteiger partial charge in [0.2, 0.25) is 0 Å². The molecule has 0 aliphatic rings. The van der Waals surface area contributed by atoms with E-state index < -0.39 is 0 Å². The molecule has 0 spiro atoms. The molecule has 102 valence electrons. The molecule has 2 rings (SSSR count). The number of hydrogen-bond donors (Lipinski definition) is 1. The standard InChI is InChI=1S/C15H21N3S/c1-13-5-6-15(19-13)11-17-8-9-18(2)12-14-4-3-7-16-10-14/h3-7,10,17H,8-9,11-12H2,1-2H3. The first-order valence-electron chi connectivity index (χ1n) is 6.57. The van der Waals surface area contributed by atoms with Crippen LogP contribution in [0.4, 0.5) is 0 Å². The van der Waals surface area contributed by atoms with Crippen LogP contribution in [0.5, 0.6) is 0 Å². The highest BCUT2D eigenvalue weighted by atomic mass is 32.1. The van der Waals surface area contributed by atoms with Crippen molar-refractivity contribution in [3.63, 3.8) is 0 Å². The van der Waals surface area contributed by atoms with E-state index >= 15 is 0 Å². The van der Waals surface area contributed by atoms with Gasteiger partial charge in [-0.15, -0.1) is 11.3 Å². The molecular weight excluding hydrogens is 254 g/mol. The molecule has 0 aromatic carbocycles. The third-order valence-corrected chi connectivity index (χ3v) is 3.94. The molecular formula is C15H21N3S. The Kier molecular flexibility index (Phi) is 5.51. The van der Waals surface area contributed by atoms with Gasteiger partial charge in [-0.05, 0) is 37.7 Å². The Morgan fingerprint density at radius 3 is 2.89 bits per heavy atom. The number of nitrogens with one attached hydrogen (secondary N) is 1. The summed E-state index contributed by atoms with van der Waals surface area (Å²) in [6, 6.07) is 8.48. The fourth-order valence-electron chi connectivity index (χ4n) is 1.94. The molecule has 3 nitrogen and oxygen atoms in total. The minimum absolute atomic E-state index is 0.952. The Balaban J connectivity index is 1.63. The summed E-state index contributed by atoms with van der Waals surface area (Å²) in [6.07, 6.45) is 3.74. The maximum atomic E-state index is 4.14. The van der Waals surface area contributed by atoms with Gasteiger partial charge in [0, 0.05) is 48.3 Å². The largest absolute Gasteiger partial charge is 0.311 e. The first-order valence-corrected chi connectivity index (χ1v) is 7.39. The number of pyridine rings is 1. The minimum Gasteiger partial charge on any atom is -0.311 e. The summed E-state index contributed by atoms with van der Waals surface area (Å²) in [7, 11) is 2.14. The Morgan fingerprint density at radius 2 is 2.21 bits per heavy atom. The lowest BCUT2D eigenvalue weighted by Gasteiger charge is -2.16. The van der Waals surface area contributed by atoms with Crippen molar-refractivity contribution in [3.8, 4) is 0 Å². The third kappa shape index (κ3) is 5.11. The molecule has 2 aromatic rings. The maximum Gasteiger partial charge on any atom is 0.0312 e. The SMILES string of the molecule is Cc1ccc(CNCCN(C)Cc2cccnc2)s1. The van der Waals surface area contributed by atoms with Crippen molar-refractivity contribution >= 4 is 11.3 Å². The topological polar surface area (TPSA) is 28.2 Å². The van der Waals surface area contributed by atoms with Crippen molar-refractivity contribution in [3.05, 3.63) is 52.0 Å². The van der Waals surface area contributed by atoms with E-state index in [1.807, 2.05) is 29.8 Å². The second-order valence-electron chi connectivity index (χ2n) is 4.79. The van der Waals surface area contributed by atoms with Gasteiger partial charge in [0.15, 0.2) is 0 Å². The number of hydrogen-bond acceptors (Lipinski definition) is 4. The average Bonchev–Trinajstić information content (AvgIpc) is 2.82. The molecule has 0 bridgehead atoms. The molecule has 0 aliphatic carbocycles. The van der Waals surface area contributed by atoms with Crippen LogP contribution in [0.15, 0.2) is 36.7 Å². The van der Waals surface area contributed by atoms with Gasteiger partial charge >= 0.3 is 0 Å². The summed E-state index contributed by atoms with van der Waals surface area (Å²) in [5.41, 5.74) is 1.26. The fraction of sp³-hybridized carbons (Fsp3) is 0.400. The van der Waals surface area contributed by atoms with Crippen LogP contribution in [-0.4, -0.2) is 30.0 Å². The zero-order valence-electron chi connectivity index (χ0n) is 11.6. The second kappa shape index (κ2) is 7.38. The molecule has 0 aliphatic heterocycles. The number of aromatic nitrogens is 1. The predicted octanol–water partition coefficient (Wildman–Crippen LogP) is 2.67. The van der Waals surface area contributed by atoms with E-state index in [0.29, 0.717) is 0 Å². The third-order valence-electron chi connectivity index (χ3n) is 2.94. The molecule has 0 radical (unpaired) electrons. The van der Waals surface area contributed by atoms with Crippen LogP contribution in [-0.2, 0) is 13.1 Å². The molecule has 0 unspecified atom stereocenters. The van der Waals surface area contributed by atoms with E-state index in [4.69, 9.17) is 0 Å². The second-order valence-corrected chi connectivity index (χ2v) is 6.16. The summed E-state index contributed by atoms with van der Waals surface area (Å²) >= 11 is 1.86. The summed E-state index contributed by atoms with van der Waals surface area (Å²) in [5.74, 6) is 0. The van der Waals surface area contributed by atoms with Gasteiger partial charge < -0.3 is 10.2 Å². The van der Waals surface area contributed by atoms with E-state index in [9.17, 15) is 0 Å². The average molecular weight is 275 g/mol. The van der Waals surface area contributed by atoms with Gasteiger partial charge in [-0.3, -0.25) is 4.98 Å². The molecule has 0 atom stereocenters. The molecule has 19 heavy (non-hydrogen) atoms. The van der Waals surface area contributed by atoms with Gasteiger partial charge in [0.1, 0.15) is 0 Å². The molecule has 4 heteroatoms. The van der Waals surface area contributed by atoms with E-state index in [-0.39, 0.29) is 0 Å². The molecule has 0 fully saturated rings. The van der Waals surface area contributed by atoms with Crippen molar-refractivity contribution in [1.82, 2.24) is 15.2 Å². The Bertz CT molecular complexity index is 481. The van der Waals surface area contributed by atoms with Crippen LogP contribution < -0.4 is 5.32 Å². The summed E-state index contributed by atoms with van der Waals surface area (Å²) < 4.78 is 0. The fourth-order valence-corrected chi connectivity index (χ4v) is 2.80. The van der Waals surface area contributed by atoms with E-state index in [1.54, 1.807) is 0 Å². The minimum atomic E-state index is 0.952. The highest BCUT2D eigenvalue weighted by Gasteiger charge is 2.00. The maximum absolute atomic E-state index is 4.14. The molecule has 0 saturated heterocycles. The molecule has 1 N–H and O–H groups in total. The van der Waals surface area contributed by atoms with Crippen LogP contribution in [0.2, 0.25) is 0 Å². The smallest absolute Gasteiger partial charge is 0.0312 e. The monoisotopic (exact) mass is 275 g/mol. The lowest BCUT2D eigenvalue weighted by Crippen LogP contribution is -2.28. The normalized spacial score (nSPS) is 11.1. The van der Waals surface area contributed by atoms with Crippen molar-refractivity contribution in [1.29, 1.82) is 0 Å². The quantitative estimate of drug-likeness (QED) is 0.788. The van der Waals surface area contributed by atoms with Crippen molar-refractivity contribution in [2.45, 2.75) is 20.0 Å². The Hall–Kier alpha value is -1.23. The van der Waals surface area contributed by atoms with Crippen LogP contribution in [0, 0.1) is 6.92 Å². The lowest BCUT2D eigenvalue weighted by molar-refractivity contribution is 0.324. The number of thiophene rings is 1. The van der Waals surface area contributed by atoms with Crippen molar-refractivity contribution < 1.29 is 0 Å². The number of nitrogens with zero attached hydrogens (tertiary/aromatic N) is 2. The highest BCUT2D eigenvalue weighted by Crippen LogP contribution is 2.14. The zero-order valence-corrected chi connectivity index (χ0v) is 12.4. The molecule has 0 amide bonds. The van der Waals surface area contributed by atoms with Crippen LogP contribution in [0.3, 0.4) is 0 Å². The van der Waals surface area contributed by atoms with Crippen LogP contribution in [0.25, 0.3) is 0 Å². The highest BCUT2D eigenvalue weighted by molar-refractivity contribution is 7.11. The summed E-state index contributed by atoms with van der Waals surface area (Å²) in [5, 5.41) is 3.48. The summed E-state index contributed by atoms with van der Waals surface area (Å²) in [6.45, 7) is 6.12. The molecule has 2 aromatic heterocycles. The van der Waals surface area contributed by atoms with Crippen LogP contribution >= 0.6 is 11.3 Å². The van der Waals surface area contributed by atoms with Crippen molar-refractivity contribution in [2.24, 2.45) is 0 Å². The van der Waals surface area contributed by atoms with E-state index in [0.717, 1.165) is 26.2 Å². The lowest BCUT2D eigenvalue weighted by atomic mass is 10.3. The van der Waals surface area contributed by atoms with Gasteiger partial charge in [0.25, 0.3) is 0 Å².